The fraction of sp³-hybridized carbons (Fsp3) is 0.400. The summed E-state index contributed by atoms with van der Waals surface area (Å²) >= 11 is 1.77. The SMILES string of the molecule is CC(C)c1csc(C(C)(C)c2ccccc2)n1. The van der Waals surface area contributed by atoms with E-state index in [1.54, 1.807) is 11.3 Å². The van der Waals surface area contributed by atoms with Crippen molar-refractivity contribution in [1.82, 2.24) is 4.98 Å². The normalized spacial score (nSPS) is 12.1. The second-order valence-corrected chi connectivity index (χ2v) is 6.08. The molecule has 0 fully saturated rings. The summed E-state index contributed by atoms with van der Waals surface area (Å²) in [6, 6.07) is 10.6. The van der Waals surface area contributed by atoms with E-state index in [4.69, 9.17) is 4.98 Å². The standard InChI is InChI=1S/C15H19NS/c1-11(2)13-10-17-14(16-13)15(3,4)12-8-6-5-7-9-12/h5-11H,1-4H3. The largest absolute Gasteiger partial charge is 0.245 e. The zero-order valence-corrected chi connectivity index (χ0v) is 11.7. The molecule has 0 N–H and O–H groups in total. The van der Waals surface area contributed by atoms with Gasteiger partial charge in [-0.25, -0.2) is 4.98 Å². The quantitative estimate of drug-likeness (QED) is 0.770. The van der Waals surface area contributed by atoms with Gasteiger partial charge in [-0.15, -0.1) is 11.3 Å². The van der Waals surface area contributed by atoms with Crippen molar-refractivity contribution < 1.29 is 0 Å². The Bertz CT molecular complexity index is 483. The Labute approximate surface area is 108 Å². The Morgan fingerprint density at radius 3 is 2.29 bits per heavy atom. The van der Waals surface area contributed by atoms with Gasteiger partial charge in [0.05, 0.1) is 5.69 Å². The summed E-state index contributed by atoms with van der Waals surface area (Å²) in [7, 11) is 0. The minimum absolute atomic E-state index is 0.000926. The van der Waals surface area contributed by atoms with Gasteiger partial charge in [0.15, 0.2) is 0 Å². The van der Waals surface area contributed by atoms with Crippen molar-refractivity contribution in [2.24, 2.45) is 0 Å². The van der Waals surface area contributed by atoms with Crippen LogP contribution in [-0.2, 0) is 5.41 Å². The molecule has 0 atom stereocenters. The molecule has 0 aliphatic carbocycles. The molecular formula is C15H19NS. The fourth-order valence-electron chi connectivity index (χ4n) is 1.82. The summed E-state index contributed by atoms with van der Waals surface area (Å²) in [6.45, 7) is 8.86. The highest BCUT2D eigenvalue weighted by atomic mass is 32.1. The van der Waals surface area contributed by atoms with Gasteiger partial charge in [0.25, 0.3) is 0 Å². The maximum absolute atomic E-state index is 4.78. The summed E-state index contributed by atoms with van der Waals surface area (Å²) < 4.78 is 0. The summed E-state index contributed by atoms with van der Waals surface area (Å²) in [6.07, 6.45) is 0. The molecule has 0 aliphatic heterocycles. The first-order valence-electron chi connectivity index (χ1n) is 6.03. The van der Waals surface area contributed by atoms with Crippen LogP contribution in [-0.4, -0.2) is 4.98 Å². The third-order valence-corrected chi connectivity index (χ3v) is 4.33. The van der Waals surface area contributed by atoms with Crippen LogP contribution in [0.2, 0.25) is 0 Å². The zero-order chi connectivity index (χ0) is 12.5. The second kappa shape index (κ2) is 4.61. The molecule has 0 amide bonds. The predicted molar refractivity (Wildman–Crippen MR) is 74.8 cm³/mol. The Morgan fingerprint density at radius 1 is 1.12 bits per heavy atom. The molecule has 1 aromatic heterocycles. The molecule has 2 rings (SSSR count). The average Bonchev–Trinajstić information content (AvgIpc) is 2.80. The number of thiazole rings is 1. The van der Waals surface area contributed by atoms with Crippen LogP contribution >= 0.6 is 11.3 Å². The highest BCUT2D eigenvalue weighted by Crippen LogP contribution is 2.34. The molecular weight excluding hydrogens is 226 g/mol. The Kier molecular flexibility index (Phi) is 3.34. The Morgan fingerprint density at radius 2 is 1.76 bits per heavy atom. The monoisotopic (exact) mass is 245 g/mol. The van der Waals surface area contributed by atoms with Gasteiger partial charge in [-0.05, 0) is 25.3 Å². The van der Waals surface area contributed by atoms with E-state index in [-0.39, 0.29) is 5.41 Å². The van der Waals surface area contributed by atoms with Crippen LogP contribution in [0.4, 0.5) is 0 Å². The van der Waals surface area contributed by atoms with Crippen LogP contribution in [0.25, 0.3) is 0 Å². The molecule has 17 heavy (non-hydrogen) atoms. The lowest BCUT2D eigenvalue weighted by molar-refractivity contribution is 0.628. The van der Waals surface area contributed by atoms with Crippen molar-refractivity contribution in [3.63, 3.8) is 0 Å². The van der Waals surface area contributed by atoms with E-state index < -0.39 is 0 Å². The van der Waals surface area contributed by atoms with Gasteiger partial charge >= 0.3 is 0 Å². The molecule has 0 radical (unpaired) electrons. The highest BCUT2D eigenvalue weighted by molar-refractivity contribution is 7.09. The molecule has 1 heterocycles. The van der Waals surface area contributed by atoms with E-state index in [0.717, 1.165) is 0 Å². The van der Waals surface area contributed by atoms with Crippen LogP contribution in [0.1, 0.15) is 49.9 Å². The van der Waals surface area contributed by atoms with E-state index in [9.17, 15) is 0 Å². The lowest BCUT2D eigenvalue weighted by Gasteiger charge is -2.22. The predicted octanol–water partition coefficient (Wildman–Crippen LogP) is 4.59. The molecule has 0 unspecified atom stereocenters. The van der Waals surface area contributed by atoms with Crippen LogP contribution in [0.5, 0.6) is 0 Å². The third-order valence-electron chi connectivity index (χ3n) is 3.14. The van der Waals surface area contributed by atoms with Gasteiger partial charge in [-0.3, -0.25) is 0 Å². The topological polar surface area (TPSA) is 12.9 Å². The van der Waals surface area contributed by atoms with Crippen molar-refractivity contribution in [2.45, 2.75) is 39.0 Å². The summed E-state index contributed by atoms with van der Waals surface area (Å²) in [5.41, 5.74) is 2.53. The van der Waals surface area contributed by atoms with Gasteiger partial charge in [-0.1, -0.05) is 44.2 Å². The second-order valence-electron chi connectivity index (χ2n) is 5.22. The van der Waals surface area contributed by atoms with Crippen molar-refractivity contribution in [1.29, 1.82) is 0 Å². The number of aromatic nitrogens is 1. The average molecular weight is 245 g/mol. The summed E-state index contributed by atoms with van der Waals surface area (Å²) in [4.78, 5) is 4.78. The van der Waals surface area contributed by atoms with Gasteiger partial charge in [0, 0.05) is 10.8 Å². The summed E-state index contributed by atoms with van der Waals surface area (Å²) in [5.74, 6) is 0.506. The van der Waals surface area contributed by atoms with E-state index in [1.165, 1.54) is 16.3 Å². The maximum atomic E-state index is 4.78. The number of rotatable bonds is 3. The maximum Gasteiger partial charge on any atom is 0.103 e. The first-order chi connectivity index (χ1) is 8.01. The molecule has 0 saturated carbocycles. The van der Waals surface area contributed by atoms with Crippen LogP contribution in [0, 0.1) is 0 Å². The van der Waals surface area contributed by atoms with Crippen molar-refractivity contribution >= 4 is 11.3 Å². The molecule has 1 nitrogen and oxygen atoms in total. The van der Waals surface area contributed by atoms with E-state index in [2.05, 4.69) is 63.4 Å². The lowest BCUT2D eigenvalue weighted by Crippen LogP contribution is -2.18. The third kappa shape index (κ3) is 2.42. The number of hydrogen-bond donors (Lipinski definition) is 0. The first-order valence-corrected chi connectivity index (χ1v) is 6.91. The smallest absolute Gasteiger partial charge is 0.103 e. The minimum Gasteiger partial charge on any atom is -0.245 e. The van der Waals surface area contributed by atoms with Crippen molar-refractivity contribution in [3.05, 3.63) is 52.0 Å². The lowest BCUT2D eigenvalue weighted by atomic mass is 9.85. The molecule has 0 saturated heterocycles. The molecule has 1 aromatic carbocycles. The molecule has 2 aromatic rings. The highest BCUT2D eigenvalue weighted by Gasteiger charge is 2.26. The zero-order valence-electron chi connectivity index (χ0n) is 10.9. The van der Waals surface area contributed by atoms with Crippen LogP contribution < -0.4 is 0 Å². The van der Waals surface area contributed by atoms with Gasteiger partial charge in [0.2, 0.25) is 0 Å². The molecule has 0 bridgehead atoms. The van der Waals surface area contributed by atoms with E-state index in [1.807, 2.05) is 0 Å². The van der Waals surface area contributed by atoms with E-state index >= 15 is 0 Å². The first kappa shape index (κ1) is 12.3. The van der Waals surface area contributed by atoms with Gasteiger partial charge in [-0.2, -0.15) is 0 Å². The molecule has 0 spiro atoms. The number of nitrogens with zero attached hydrogens (tertiary/aromatic N) is 1. The van der Waals surface area contributed by atoms with Crippen molar-refractivity contribution in [2.75, 3.05) is 0 Å². The van der Waals surface area contributed by atoms with Gasteiger partial charge < -0.3 is 0 Å². The van der Waals surface area contributed by atoms with E-state index in [0.29, 0.717) is 5.92 Å². The van der Waals surface area contributed by atoms with Crippen molar-refractivity contribution in [3.8, 4) is 0 Å². The van der Waals surface area contributed by atoms with Crippen LogP contribution in [0.15, 0.2) is 35.7 Å². The molecule has 2 heteroatoms. The summed E-state index contributed by atoms with van der Waals surface area (Å²) in [5, 5.41) is 3.39. The number of benzene rings is 1. The fourth-order valence-corrected chi connectivity index (χ4v) is 2.94. The molecule has 0 aliphatic rings. The van der Waals surface area contributed by atoms with Crippen LogP contribution in [0.3, 0.4) is 0 Å². The number of hydrogen-bond acceptors (Lipinski definition) is 2. The molecule has 90 valence electrons. The Hall–Kier alpha value is -1.15. The Balaban J connectivity index is 2.37. The minimum atomic E-state index is -0.000926. The van der Waals surface area contributed by atoms with Gasteiger partial charge in [0.1, 0.15) is 5.01 Å².